The molecular weight excluding hydrogens is 230 g/mol. The van der Waals surface area contributed by atoms with E-state index in [1.54, 1.807) is 23.1 Å². The van der Waals surface area contributed by atoms with E-state index in [1.165, 1.54) is 6.20 Å². The van der Waals surface area contributed by atoms with Gasteiger partial charge in [-0.3, -0.25) is 9.78 Å². The molecular formula is C12H15N5O. The predicted molar refractivity (Wildman–Crippen MR) is 67.3 cm³/mol. The monoisotopic (exact) mass is 245 g/mol. The van der Waals surface area contributed by atoms with Crippen molar-refractivity contribution < 1.29 is 4.79 Å². The Kier molecular flexibility index (Phi) is 3.36. The van der Waals surface area contributed by atoms with E-state index >= 15 is 0 Å². The van der Waals surface area contributed by atoms with Crippen LogP contribution in [-0.2, 0) is 0 Å². The summed E-state index contributed by atoms with van der Waals surface area (Å²) in [6.45, 7) is 5.81. The van der Waals surface area contributed by atoms with Crippen molar-refractivity contribution in [2.45, 2.75) is 26.8 Å². The molecule has 1 N–H and O–H groups in total. The van der Waals surface area contributed by atoms with Gasteiger partial charge in [0, 0.05) is 18.3 Å². The van der Waals surface area contributed by atoms with E-state index < -0.39 is 0 Å². The van der Waals surface area contributed by atoms with Gasteiger partial charge in [0.05, 0.1) is 18.1 Å². The summed E-state index contributed by atoms with van der Waals surface area (Å²) in [6, 6.07) is 1.93. The molecule has 6 nitrogen and oxygen atoms in total. The van der Waals surface area contributed by atoms with E-state index in [9.17, 15) is 4.79 Å². The highest BCUT2D eigenvalue weighted by Gasteiger charge is 2.12. The Morgan fingerprint density at radius 1 is 1.33 bits per heavy atom. The molecule has 0 bridgehead atoms. The maximum Gasteiger partial charge on any atom is 0.277 e. The molecule has 0 unspecified atom stereocenters. The predicted octanol–water partition coefficient (Wildman–Crippen LogP) is 1.81. The van der Waals surface area contributed by atoms with Crippen molar-refractivity contribution in [1.29, 1.82) is 0 Å². The molecule has 18 heavy (non-hydrogen) atoms. The highest BCUT2D eigenvalue weighted by atomic mass is 16.2. The molecule has 0 saturated carbocycles. The normalized spacial score (nSPS) is 10.7. The second-order valence-electron chi connectivity index (χ2n) is 4.25. The first-order chi connectivity index (χ1) is 8.58. The van der Waals surface area contributed by atoms with E-state index in [2.05, 4.69) is 20.4 Å². The second kappa shape index (κ2) is 4.95. The Hall–Kier alpha value is -2.24. The molecule has 0 saturated heterocycles. The molecule has 0 spiro atoms. The zero-order chi connectivity index (χ0) is 13.1. The van der Waals surface area contributed by atoms with Crippen LogP contribution in [-0.4, -0.2) is 25.7 Å². The minimum absolute atomic E-state index is 0.180. The van der Waals surface area contributed by atoms with Crippen LogP contribution in [0.4, 0.5) is 5.82 Å². The van der Waals surface area contributed by atoms with Gasteiger partial charge in [-0.05, 0) is 20.8 Å². The van der Waals surface area contributed by atoms with Gasteiger partial charge in [-0.25, -0.2) is 9.67 Å². The molecule has 1 amide bonds. The van der Waals surface area contributed by atoms with Gasteiger partial charge in [0.1, 0.15) is 11.5 Å². The topological polar surface area (TPSA) is 72.7 Å². The molecule has 2 rings (SSSR count). The van der Waals surface area contributed by atoms with Gasteiger partial charge < -0.3 is 5.32 Å². The number of carbonyl (C=O) groups is 1. The molecule has 0 aliphatic heterocycles. The van der Waals surface area contributed by atoms with Crippen molar-refractivity contribution in [3.8, 4) is 0 Å². The van der Waals surface area contributed by atoms with Crippen molar-refractivity contribution in [3.63, 3.8) is 0 Å². The summed E-state index contributed by atoms with van der Waals surface area (Å²) in [6.07, 6.45) is 4.67. The Bertz CT molecular complexity index is 544. The van der Waals surface area contributed by atoms with E-state index in [-0.39, 0.29) is 17.6 Å². The van der Waals surface area contributed by atoms with Gasteiger partial charge in [0.15, 0.2) is 0 Å². The van der Waals surface area contributed by atoms with Crippen LogP contribution < -0.4 is 5.32 Å². The lowest BCUT2D eigenvalue weighted by Gasteiger charge is -2.11. The number of carbonyl (C=O) groups excluding carboxylic acids is 1. The highest BCUT2D eigenvalue weighted by Crippen LogP contribution is 2.13. The summed E-state index contributed by atoms with van der Waals surface area (Å²) in [4.78, 5) is 20.0. The number of nitrogens with one attached hydrogen (secondary N) is 1. The lowest BCUT2D eigenvalue weighted by atomic mass is 10.4. The van der Waals surface area contributed by atoms with Gasteiger partial charge in [0.2, 0.25) is 0 Å². The number of nitrogens with zero attached hydrogens (tertiary/aromatic N) is 4. The fraction of sp³-hybridized carbons (Fsp3) is 0.333. The lowest BCUT2D eigenvalue weighted by Crippen LogP contribution is -2.18. The van der Waals surface area contributed by atoms with Crippen molar-refractivity contribution >= 4 is 11.7 Å². The van der Waals surface area contributed by atoms with Crippen molar-refractivity contribution in [1.82, 2.24) is 19.7 Å². The molecule has 2 aromatic rings. The summed E-state index contributed by atoms with van der Waals surface area (Å²) in [7, 11) is 0. The number of rotatable bonds is 3. The number of aryl methyl sites for hydroxylation is 1. The lowest BCUT2D eigenvalue weighted by molar-refractivity contribution is 0.102. The molecule has 94 valence electrons. The van der Waals surface area contributed by atoms with Gasteiger partial charge in [-0.2, -0.15) is 5.10 Å². The van der Waals surface area contributed by atoms with Crippen LogP contribution in [0.3, 0.4) is 0 Å². The zero-order valence-corrected chi connectivity index (χ0v) is 10.6. The van der Waals surface area contributed by atoms with Gasteiger partial charge in [-0.15, -0.1) is 0 Å². The van der Waals surface area contributed by atoms with Crippen LogP contribution in [0.25, 0.3) is 0 Å². The minimum Gasteiger partial charge on any atom is -0.305 e. The van der Waals surface area contributed by atoms with Gasteiger partial charge >= 0.3 is 0 Å². The average Bonchev–Trinajstić information content (AvgIpc) is 2.78. The first-order valence-corrected chi connectivity index (χ1v) is 5.71. The van der Waals surface area contributed by atoms with Crippen LogP contribution in [0, 0.1) is 6.92 Å². The quantitative estimate of drug-likeness (QED) is 0.895. The average molecular weight is 245 g/mol. The molecule has 6 heteroatoms. The third kappa shape index (κ3) is 2.53. The Labute approximate surface area is 105 Å². The molecule has 0 radical (unpaired) electrons. The maximum atomic E-state index is 11.9. The standard InChI is InChI=1S/C12H15N5O/c1-8(2)17-11(4-5-15-17)16-12(18)10-7-13-9(3)6-14-10/h4-8H,1-3H3,(H,16,18). The van der Waals surface area contributed by atoms with Crippen molar-refractivity contribution in [2.24, 2.45) is 0 Å². The molecule has 0 atom stereocenters. The summed E-state index contributed by atoms with van der Waals surface area (Å²) in [5, 5.41) is 6.91. The third-order valence-corrected chi connectivity index (χ3v) is 2.41. The summed E-state index contributed by atoms with van der Waals surface area (Å²) < 4.78 is 1.74. The molecule has 0 aliphatic rings. The summed E-state index contributed by atoms with van der Waals surface area (Å²) in [5.41, 5.74) is 1.07. The zero-order valence-electron chi connectivity index (χ0n) is 10.6. The van der Waals surface area contributed by atoms with E-state index in [1.807, 2.05) is 20.8 Å². The SMILES string of the molecule is Cc1cnc(C(=O)Nc2ccnn2C(C)C)cn1. The number of hydrogen-bond donors (Lipinski definition) is 1. The molecule has 0 aliphatic carbocycles. The number of anilines is 1. The van der Waals surface area contributed by atoms with Crippen LogP contribution in [0.5, 0.6) is 0 Å². The maximum absolute atomic E-state index is 11.9. The van der Waals surface area contributed by atoms with Crippen molar-refractivity contribution in [2.75, 3.05) is 5.32 Å². The smallest absolute Gasteiger partial charge is 0.277 e. The van der Waals surface area contributed by atoms with E-state index in [0.717, 1.165) is 5.69 Å². The second-order valence-corrected chi connectivity index (χ2v) is 4.25. The molecule has 0 fully saturated rings. The molecule has 0 aromatic carbocycles. The highest BCUT2D eigenvalue weighted by molar-refractivity contribution is 6.02. The van der Waals surface area contributed by atoms with Crippen LogP contribution in [0.1, 0.15) is 36.1 Å². The molecule has 2 heterocycles. The first kappa shape index (κ1) is 12.2. The summed E-state index contributed by atoms with van der Waals surface area (Å²) in [5.74, 6) is 0.363. The van der Waals surface area contributed by atoms with E-state index in [0.29, 0.717) is 5.82 Å². The Morgan fingerprint density at radius 2 is 2.11 bits per heavy atom. The molecule has 2 aromatic heterocycles. The van der Waals surface area contributed by atoms with Crippen molar-refractivity contribution in [3.05, 3.63) is 36.0 Å². The Morgan fingerprint density at radius 3 is 2.72 bits per heavy atom. The van der Waals surface area contributed by atoms with Crippen LogP contribution in [0.15, 0.2) is 24.7 Å². The van der Waals surface area contributed by atoms with Crippen LogP contribution >= 0.6 is 0 Å². The minimum atomic E-state index is -0.287. The fourth-order valence-electron chi connectivity index (χ4n) is 1.51. The van der Waals surface area contributed by atoms with E-state index in [4.69, 9.17) is 0 Å². The van der Waals surface area contributed by atoms with Crippen LogP contribution in [0.2, 0.25) is 0 Å². The van der Waals surface area contributed by atoms with Gasteiger partial charge in [-0.1, -0.05) is 0 Å². The summed E-state index contributed by atoms with van der Waals surface area (Å²) >= 11 is 0. The fourth-order valence-corrected chi connectivity index (χ4v) is 1.51. The number of amides is 1. The number of hydrogen-bond acceptors (Lipinski definition) is 4. The largest absolute Gasteiger partial charge is 0.305 e. The Balaban J connectivity index is 2.16. The first-order valence-electron chi connectivity index (χ1n) is 5.71. The third-order valence-electron chi connectivity index (χ3n) is 2.41. The van der Waals surface area contributed by atoms with Gasteiger partial charge in [0.25, 0.3) is 5.91 Å². The number of aromatic nitrogens is 4.